The third kappa shape index (κ3) is 2.89. The Kier molecular flexibility index (Phi) is 4.00. The summed E-state index contributed by atoms with van der Waals surface area (Å²) in [6.45, 7) is 4.74. The van der Waals surface area contributed by atoms with Gasteiger partial charge in [0.05, 0.1) is 5.56 Å². The number of aryl methyl sites for hydroxylation is 1. The van der Waals surface area contributed by atoms with Crippen LogP contribution in [0.1, 0.15) is 42.1 Å². The first-order chi connectivity index (χ1) is 8.58. The number of hydrogen-bond acceptors (Lipinski definition) is 1. The van der Waals surface area contributed by atoms with Crippen LogP contribution in [-0.2, 0) is 0 Å². The molecule has 1 amide bonds. The van der Waals surface area contributed by atoms with Gasteiger partial charge in [-0.05, 0) is 37.3 Å². The van der Waals surface area contributed by atoms with E-state index in [0.717, 1.165) is 12.0 Å². The highest BCUT2D eigenvalue weighted by atomic mass is 19.1. The molecule has 98 valence electrons. The molecule has 2 rings (SSSR count). The maximum absolute atomic E-state index is 13.5. The lowest BCUT2D eigenvalue weighted by molar-refractivity contribution is 0.0940. The summed E-state index contributed by atoms with van der Waals surface area (Å²) < 4.78 is 13.5. The average molecular weight is 249 g/mol. The molecule has 0 bridgehead atoms. The summed E-state index contributed by atoms with van der Waals surface area (Å²) in [5.74, 6) is 0.461. The van der Waals surface area contributed by atoms with E-state index in [0.29, 0.717) is 18.4 Å². The summed E-state index contributed by atoms with van der Waals surface area (Å²) in [5, 5.41) is 2.86. The normalized spacial score (nSPS) is 23.1. The number of hydrogen-bond donors (Lipinski definition) is 1. The average Bonchev–Trinajstić information content (AvgIpc) is 2.75. The van der Waals surface area contributed by atoms with Gasteiger partial charge in [0.1, 0.15) is 5.82 Å². The third-order valence-corrected chi connectivity index (χ3v) is 3.93. The van der Waals surface area contributed by atoms with Crippen LogP contribution >= 0.6 is 0 Å². The molecule has 2 unspecified atom stereocenters. The second-order valence-electron chi connectivity index (χ2n) is 5.36. The van der Waals surface area contributed by atoms with Crippen molar-refractivity contribution in [3.63, 3.8) is 0 Å². The molecule has 1 aliphatic carbocycles. The van der Waals surface area contributed by atoms with E-state index in [1.165, 1.54) is 18.9 Å². The Labute approximate surface area is 108 Å². The molecule has 0 aliphatic heterocycles. The molecule has 0 heterocycles. The van der Waals surface area contributed by atoms with E-state index in [4.69, 9.17) is 0 Å². The molecule has 0 radical (unpaired) electrons. The number of rotatable bonds is 3. The first kappa shape index (κ1) is 13.1. The summed E-state index contributed by atoms with van der Waals surface area (Å²) in [7, 11) is 0. The molecular weight excluding hydrogens is 229 g/mol. The SMILES string of the molecule is Cc1ccc(F)c(C(=O)NCC2CCCC2C)c1. The molecule has 1 aromatic carbocycles. The minimum absolute atomic E-state index is 0.153. The van der Waals surface area contributed by atoms with E-state index in [1.54, 1.807) is 12.1 Å². The highest BCUT2D eigenvalue weighted by Crippen LogP contribution is 2.30. The van der Waals surface area contributed by atoms with Gasteiger partial charge in [-0.25, -0.2) is 4.39 Å². The lowest BCUT2D eigenvalue weighted by Crippen LogP contribution is -2.30. The largest absolute Gasteiger partial charge is 0.352 e. The van der Waals surface area contributed by atoms with Gasteiger partial charge in [0.25, 0.3) is 5.91 Å². The highest BCUT2D eigenvalue weighted by Gasteiger charge is 2.24. The second kappa shape index (κ2) is 5.51. The maximum Gasteiger partial charge on any atom is 0.254 e. The quantitative estimate of drug-likeness (QED) is 0.875. The number of carbonyl (C=O) groups is 1. The zero-order valence-corrected chi connectivity index (χ0v) is 11.0. The Bertz CT molecular complexity index is 444. The Morgan fingerprint density at radius 3 is 2.89 bits per heavy atom. The van der Waals surface area contributed by atoms with Gasteiger partial charge >= 0.3 is 0 Å². The van der Waals surface area contributed by atoms with Crippen LogP contribution in [0.15, 0.2) is 18.2 Å². The zero-order chi connectivity index (χ0) is 13.1. The first-order valence-electron chi connectivity index (χ1n) is 6.62. The smallest absolute Gasteiger partial charge is 0.254 e. The lowest BCUT2D eigenvalue weighted by atomic mass is 9.98. The van der Waals surface area contributed by atoms with Gasteiger partial charge in [-0.2, -0.15) is 0 Å². The molecule has 0 spiro atoms. The molecule has 2 atom stereocenters. The van der Waals surface area contributed by atoms with Gasteiger partial charge in [0.2, 0.25) is 0 Å². The van der Waals surface area contributed by atoms with Crippen LogP contribution in [0.25, 0.3) is 0 Å². The Morgan fingerprint density at radius 2 is 2.22 bits per heavy atom. The molecule has 0 saturated heterocycles. The van der Waals surface area contributed by atoms with E-state index in [1.807, 2.05) is 6.92 Å². The van der Waals surface area contributed by atoms with Gasteiger partial charge in [0.15, 0.2) is 0 Å². The fraction of sp³-hybridized carbons (Fsp3) is 0.533. The summed E-state index contributed by atoms with van der Waals surface area (Å²) in [6, 6.07) is 4.62. The fourth-order valence-electron chi connectivity index (χ4n) is 2.66. The maximum atomic E-state index is 13.5. The number of benzene rings is 1. The lowest BCUT2D eigenvalue weighted by Gasteiger charge is -2.16. The summed E-state index contributed by atoms with van der Waals surface area (Å²) in [6.07, 6.45) is 3.64. The summed E-state index contributed by atoms with van der Waals surface area (Å²) >= 11 is 0. The van der Waals surface area contributed by atoms with Crippen LogP contribution in [-0.4, -0.2) is 12.5 Å². The van der Waals surface area contributed by atoms with Gasteiger partial charge in [0, 0.05) is 6.54 Å². The molecule has 3 heteroatoms. The number of carbonyl (C=O) groups excluding carboxylic acids is 1. The van der Waals surface area contributed by atoms with Gasteiger partial charge in [-0.15, -0.1) is 0 Å². The molecule has 1 aliphatic rings. The van der Waals surface area contributed by atoms with Gasteiger partial charge in [-0.1, -0.05) is 31.4 Å². The van der Waals surface area contributed by atoms with Crippen molar-refractivity contribution in [2.75, 3.05) is 6.54 Å². The first-order valence-corrected chi connectivity index (χ1v) is 6.62. The second-order valence-corrected chi connectivity index (χ2v) is 5.36. The van der Waals surface area contributed by atoms with Crippen molar-refractivity contribution >= 4 is 5.91 Å². The molecule has 2 nitrogen and oxygen atoms in total. The summed E-state index contributed by atoms with van der Waals surface area (Å²) in [4.78, 5) is 11.9. The Balaban J connectivity index is 1.97. The van der Waals surface area contributed by atoms with Crippen LogP contribution in [0.4, 0.5) is 4.39 Å². The van der Waals surface area contributed by atoms with Crippen LogP contribution < -0.4 is 5.32 Å². The van der Waals surface area contributed by atoms with E-state index in [-0.39, 0.29) is 11.5 Å². The van der Waals surface area contributed by atoms with Crippen LogP contribution in [0, 0.1) is 24.6 Å². The number of amides is 1. The molecule has 1 saturated carbocycles. The monoisotopic (exact) mass is 249 g/mol. The van der Waals surface area contributed by atoms with Crippen molar-refractivity contribution < 1.29 is 9.18 Å². The molecule has 1 N–H and O–H groups in total. The van der Waals surface area contributed by atoms with Crippen molar-refractivity contribution in [2.24, 2.45) is 11.8 Å². The predicted octanol–water partition coefficient (Wildman–Crippen LogP) is 3.30. The fourth-order valence-corrected chi connectivity index (χ4v) is 2.66. The number of nitrogens with one attached hydrogen (secondary N) is 1. The van der Waals surface area contributed by atoms with Crippen molar-refractivity contribution in [2.45, 2.75) is 33.1 Å². The zero-order valence-electron chi connectivity index (χ0n) is 11.0. The van der Waals surface area contributed by atoms with E-state index < -0.39 is 5.82 Å². The van der Waals surface area contributed by atoms with Crippen LogP contribution in [0.5, 0.6) is 0 Å². The van der Waals surface area contributed by atoms with Crippen molar-refractivity contribution in [1.29, 1.82) is 0 Å². The molecule has 1 fully saturated rings. The van der Waals surface area contributed by atoms with Gasteiger partial charge in [-0.3, -0.25) is 4.79 Å². The van der Waals surface area contributed by atoms with Gasteiger partial charge < -0.3 is 5.32 Å². The molecular formula is C15H20FNO. The highest BCUT2D eigenvalue weighted by molar-refractivity contribution is 5.94. The van der Waals surface area contributed by atoms with Crippen LogP contribution in [0.2, 0.25) is 0 Å². The minimum atomic E-state index is -0.447. The van der Waals surface area contributed by atoms with Crippen molar-refractivity contribution in [3.8, 4) is 0 Å². The topological polar surface area (TPSA) is 29.1 Å². The van der Waals surface area contributed by atoms with E-state index in [9.17, 15) is 9.18 Å². The number of halogens is 1. The van der Waals surface area contributed by atoms with Crippen molar-refractivity contribution in [1.82, 2.24) is 5.32 Å². The Morgan fingerprint density at radius 1 is 1.44 bits per heavy atom. The predicted molar refractivity (Wildman–Crippen MR) is 70.0 cm³/mol. The third-order valence-electron chi connectivity index (χ3n) is 3.93. The summed E-state index contributed by atoms with van der Waals surface area (Å²) in [5.41, 5.74) is 1.05. The standard InChI is InChI=1S/C15H20FNO/c1-10-6-7-14(16)13(8-10)15(18)17-9-12-5-3-4-11(12)2/h6-8,11-12H,3-5,9H2,1-2H3,(H,17,18). The molecule has 1 aromatic rings. The molecule has 0 aromatic heterocycles. The Hall–Kier alpha value is -1.38. The van der Waals surface area contributed by atoms with Crippen LogP contribution in [0.3, 0.4) is 0 Å². The van der Waals surface area contributed by atoms with Crippen molar-refractivity contribution in [3.05, 3.63) is 35.1 Å². The molecule has 18 heavy (non-hydrogen) atoms. The van der Waals surface area contributed by atoms with E-state index >= 15 is 0 Å². The van der Waals surface area contributed by atoms with E-state index in [2.05, 4.69) is 12.2 Å². The minimum Gasteiger partial charge on any atom is -0.352 e.